The number of esters is 1. The van der Waals surface area contributed by atoms with Gasteiger partial charge in [-0.2, -0.15) is 0 Å². The summed E-state index contributed by atoms with van der Waals surface area (Å²) in [7, 11) is 0. The van der Waals surface area contributed by atoms with Crippen molar-refractivity contribution in [3.05, 3.63) is 65.6 Å². The standard InChI is InChI=1S/C23H24N4O2/c1-15-20(22(28)29-17-7-3-2-4-8-17)21(16-11-13-24-14-12-16)27-19-10-6-5-9-18(19)26-23(27)25-15/h5-6,9-14,17,21H,2-4,7-8H2,1H3,(H,25,26)/t21-/m0/s1. The second kappa shape index (κ2) is 7.35. The molecule has 2 aromatic heterocycles. The molecule has 29 heavy (non-hydrogen) atoms. The van der Waals surface area contributed by atoms with Crippen molar-refractivity contribution < 1.29 is 9.53 Å². The van der Waals surface area contributed by atoms with Gasteiger partial charge in [-0.1, -0.05) is 18.6 Å². The number of imidazole rings is 1. The molecule has 6 heteroatoms. The molecule has 2 aliphatic rings. The van der Waals surface area contributed by atoms with Gasteiger partial charge in [-0.25, -0.2) is 9.78 Å². The lowest BCUT2D eigenvalue weighted by atomic mass is 9.95. The molecule has 1 aliphatic carbocycles. The second-order valence-electron chi connectivity index (χ2n) is 7.81. The highest BCUT2D eigenvalue weighted by Gasteiger charge is 2.35. The lowest BCUT2D eigenvalue weighted by molar-refractivity contribution is -0.146. The third kappa shape index (κ3) is 3.18. The van der Waals surface area contributed by atoms with Crippen LogP contribution in [0.3, 0.4) is 0 Å². The van der Waals surface area contributed by atoms with Crippen LogP contribution in [0.2, 0.25) is 0 Å². The van der Waals surface area contributed by atoms with Crippen molar-refractivity contribution in [3.63, 3.8) is 0 Å². The molecule has 0 bridgehead atoms. The van der Waals surface area contributed by atoms with E-state index in [1.165, 1.54) is 6.42 Å². The molecule has 0 amide bonds. The molecule has 3 heterocycles. The normalized spacial score (nSPS) is 19.7. The van der Waals surface area contributed by atoms with Crippen LogP contribution in [0.15, 0.2) is 60.1 Å². The molecule has 1 aliphatic heterocycles. The van der Waals surface area contributed by atoms with Crippen LogP contribution in [-0.4, -0.2) is 26.6 Å². The van der Waals surface area contributed by atoms with E-state index in [0.29, 0.717) is 5.57 Å². The van der Waals surface area contributed by atoms with Crippen molar-refractivity contribution in [3.8, 4) is 0 Å². The highest BCUT2D eigenvalue weighted by molar-refractivity contribution is 5.94. The number of nitrogens with zero attached hydrogens (tertiary/aromatic N) is 3. The van der Waals surface area contributed by atoms with Crippen molar-refractivity contribution in [2.75, 3.05) is 5.32 Å². The van der Waals surface area contributed by atoms with Crippen LogP contribution in [-0.2, 0) is 9.53 Å². The smallest absolute Gasteiger partial charge is 0.338 e. The van der Waals surface area contributed by atoms with Gasteiger partial charge in [-0.05, 0) is 62.4 Å². The molecular weight excluding hydrogens is 364 g/mol. The molecule has 1 N–H and O–H groups in total. The summed E-state index contributed by atoms with van der Waals surface area (Å²) in [6, 6.07) is 11.6. The number of nitrogens with one attached hydrogen (secondary N) is 1. The van der Waals surface area contributed by atoms with Crippen LogP contribution in [0.4, 0.5) is 5.95 Å². The van der Waals surface area contributed by atoms with Crippen molar-refractivity contribution in [1.82, 2.24) is 14.5 Å². The molecule has 0 unspecified atom stereocenters. The van der Waals surface area contributed by atoms with Crippen LogP contribution < -0.4 is 5.32 Å². The van der Waals surface area contributed by atoms with Gasteiger partial charge in [0.1, 0.15) is 6.10 Å². The quantitative estimate of drug-likeness (QED) is 0.664. The number of fused-ring (bicyclic) bond motifs is 3. The number of ether oxygens (including phenoxy) is 1. The van der Waals surface area contributed by atoms with Crippen LogP contribution in [0, 0.1) is 0 Å². The third-order valence-corrected chi connectivity index (χ3v) is 5.90. The molecule has 5 rings (SSSR count). The zero-order chi connectivity index (χ0) is 19.8. The Balaban J connectivity index is 1.61. The molecule has 3 aromatic rings. The number of allylic oxidation sites excluding steroid dienone is 1. The van der Waals surface area contributed by atoms with Gasteiger partial charge in [-0.15, -0.1) is 0 Å². The molecule has 1 aromatic carbocycles. The predicted molar refractivity (Wildman–Crippen MR) is 111 cm³/mol. The van der Waals surface area contributed by atoms with Crippen molar-refractivity contribution in [2.24, 2.45) is 0 Å². The third-order valence-electron chi connectivity index (χ3n) is 5.90. The summed E-state index contributed by atoms with van der Waals surface area (Å²) in [5.74, 6) is 0.492. The largest absolute Gasteiger partial charge is 0.459 e. The molecule has 0 radical (unpaired) electrons. The lowest BCUT2D eigenvalue weighted by Crippen LogP contribution is -2.31. The van der Waals surface area contributed by atoms with Gasteiger partial charge < -0.3 is 10.1 Å². The number of hydrogen-bond acceptors (Lipinski definition) is 5. The van der Waals surface area contributed by atoms with E-state index >= 15 is 0 Å². The SMILES string of the molecule is CC1=C(C(=O)OC2CCCCC2)[C@H](c2ccncc2)n2c(nc3ccccc32)N1. The van der Waals surface area contributed by atoms with Gasteiger partial charge in [0.2, 0.25) is 5.95 Å². The van der Waals surface area contributed by atoms with E-state index in [0.717, 1.165) is 53.9 Å². The second-order valence-corrected chi connectivity index (χ2v) is 7.81. The highest BCUT2D eigenvalue weighted by Crippen LogP contribution is 2.39. The first-order chi connectivity index (χ1) is 14.2. The maximum absolute atomic E-state index is 13.4. The maximum atomic E-state index is 13.4. The Bertz CT molecular complexity index is 1080. The number of carbonyl (C=O) groups excluding carboxylic acids is 1. The lowest BCUT2D eigenvalue weighted by Gasteiger charge is -2.31. The van der Waals surface area contributed by atoms with E-state index in [2.05, 4.69) is 14.9 Å². The van der Waals surface area contributed by atoms with Crippen molar-refractivity contribution in [2.45, 2.75) is 51.2 Å². The van der Waals surface area contributed by atoms with Crippen LogP contribution in [0.5, 0.6) is 0 Å². The number of pyridine rings is 1. The molecule has 6 nitrogen and oxygen atoms in total. The van der Waals surface area contributed by atoms with Gasteiger partial charge in [0.15, 0.2) is 0 Å². The first-order valence-electron chi connectivity index (χ1n) is 10.3. The first kappa shape index (κ1) is 17.9. The Kier molecular flexibility index (Phi) is 4.54. The fourth-order valence-electron chi connectivity index (χ4n) is 4.49. The van der Waals surface area contributed by atoms with Crippen LogP contribution in [0.25, 0.3) is 11.0 Å². The highest BCUT2D eigenvalue weighted by atomic mass is 16.5. The molecule has 1 atom stereocenters. The minimum absolute atomic E-state index is 0.00979. The fraction of sp³-hybridized carbons (Fsp3) is 0.348. The molecule has 1 saturated carbocycles. The minimum atomic E-state index is -0.308. The Morgan fingerprint density at radius 2 is 1.86 bits per heavy atom. The van der Waals surface area contributed by atoms with E-state index in [-0.39, 0.29) is 18.1 Å². The average molecular weight is 388 g/mol. The number of rotatable bonds is 3. The summed E-state index contributed by atoms with van der Waals surface area (Å²) in [6.07, 6.45) is 8.90. The van der Waals surface area contributed by atoms with Gasteiger partial charge >= 0.3 is 5.97 Å². The maximum Gasteiger partial charge on any atom is 0.338 e. The fourth-order valence-corrected chi connectivity index (χ4v) is 4.49. The van der Waals surface area contributed by atoms with E-state index in [1.54, 1.807) is 12.4 Å². The van der Waals surface area contributed by atoms with Gasteiger partial charge in [0.05, 0.1) is 22.6 Å². The van der Waals surface area contributed by atoms with E-state index in [9.17, 15) is 4.79 Å². The molecule has 0 spiro atoms. The monoisotopic (exact) mass is 388 g/mol. The predicted octanol–water partition coefficient (Wildman–Crippen LogP) is 4.60. The Hall–Kier alpha value is -3.15. The first-order valence-corrected chi connectivity index (χ1v) is 10.3. The Morgan fingerprint density at radius 1 is 1.10 bits per heavy atom. The average Bonchev–Trinajstić information content (AvgIpc) is 3.12. The van der Waals surface area contributed by atoms with E-state index < -0.39 is 0 Å². The molecule has 0 saturated heterocycles. The molecule has 1 fully saturated rings. The summed E-state index contributed by atoms with van der Waals surface area (Å²) in [4.78, 5) is 22.3. The number of carbonyl (C=O) groups is 1. The topological polar surface area (TPSA) is 69.0 Å². The minimum Gasteiger partial charge on any atom is -0.459 e. The van der Waals surface area contributed by atoms with Crippen LogP contribution in [0.1, 0.15) is 50.6 Å². The number of aromatic nitrogens is 3. The summed E-state index contributed by atoms with van der Waals surface area (Å²) < 4.78 is 8.06. The molecular formula is C23H24N4O2. The zero-order valence-corrected chi connectivity index (χ0v) is 16.5. The summed E-state index contributed by atoms with van der Waals surface area (Å²) in [5.41, 5.74) is 4.28. The van der Waals surface area contributed by atoms with E-state index in [4.69, 9.17) is 9.72 Å². The zero-order valence-electron chi connectivity index (χ0n) is 16.5. The molecule has 148 valence electrons. The summed E-state index contributed by atoms with van der Waals surface area (Å²) in [5, 5.41) is 3.33. The van der Waals surface area contributed by atoms with Crippen molar-refractivity contribution >= 4 is 23.0 Å². The van der Waals surface area contributed by atoms with Gasteiger partial charge in [-0.3, -0.25) is 9.55 Å². The van der Waals surface area contributed by atoms with E-state index in [1.807, 2.05) is 43.3 Å². The Labute approximate surface area is 169 Å². The number of para-hydroxylation sites is 2. The van der Waals surface area contributed by atoms with Gasteiger partial charge in [0.25, 0.3) is 0 Å². The number of hydrogen-bond donors (Lipinski definition) is 1. The summed E-state index contributed by atoms with van der Waals surface area (Å²) >= 11 is 0. The Morgan fingerprint density at radius 3 is 2.66 bits per heavy atom. The van der Waals surface area contributed by atoms with Gasteiger partial charge in [0, 0.05) is 18.1 Å². The number of anilines is 1. The summed E-state index contributed by atoms with van der Waals surface area (Å²) in [6.45, 7) is 1.93. The van der Waals surface area contributed by atoms with Crippen LogP contribution >= 0.6 is 0 Å². The van der Waals surface area contributed by atoms with Crippen molar-refractivity contribution in [1.29, 1.82) is 0 Å². The number of benzene rings is 1.